The van der Waals surface area contributed by atoms with Crippen LogP contribution in [0.2, 0.25) is 35.7 Å². The zero-order valence-corrected chi connectivity index (χ0v) is 26.4. The Morgan fingerprint density at radius 2 is 1.62 bits per heavy atom. The van der Waals surface area contributed by atoms with Gasteiger partial charge >= 0.3 is 12.1 Å². The van der Waals surface area contributed by atoms with Crippen LogP contribution < -0.4 is 24.6 Å². The molecular weight excluding hydrogens is 565 g/mol. The van der Waals surface area contributed by atoms with Crippen molar-refractivity contribution in [3.05, 3.63) is 28.5 Å². The molecule has 0 fully saturated rings. The first-order chi connectivity index (χ1) is 18.1. The van der Waals surface area contributed by atoms with Gasteiger partial charge in [0.25, 0.3) is 0 Å². The van der Waals surface area contributed by atoms with E-state index in [-0.39, 0.29) is 45.6 Å². The highest BCUT2D eigenvalue weighted by molar-refractivity contribution is 6.76. The first kappa shape index (κ1) is 32.4. The number of carbonyl (C=O) groups excluding carboxylic acids is 2. The van der Waals surface area contributed by atoms with Crippen LogP contribution in [0.25, 0.3) is 0 Å². The van der Waals surface area contributed by atoms with Crippen LogP contribution in [-0.4, -0.2) is 70.4 Å². The van der Waals surface area contributed by atoms with Crippen LogP contribution in [0.1, 0.15) is 20.8 Å². The summed E-state index contributed by atoms with van der Waals surface area (Å²) in [5, 5.41) is 2.75. The molecule has 11 nitrogen and oxygen atoms in total. The minimum atomic E-state index is -1.39. The summed E-state index contributed by atoms with van der Waals surface area (Å²) in [6.45, 7) is 12.2. The predicted octanol–water partition coefficient (Wildman–Crippen LogP) is 6.52. The second kappa shape index (κ2) is 13.5. The Hall–Kier alpha value is -2.80. The molecule has 2 aromatic rings. The van der Waals surface area contributed by atoms with Gasteiger partial charge in [-0.3, -0.25) is 15.1 Å². The summed E-state index contributed by atoms with van der Waals surface area (Å²) < 4.78 is 22.0. The number of urea groups is 1. The number of hydrogen-bond donors (Lipinski definition) is 1. The summed E-state index contributed by atoms with van der Waals surface area (Å²) in [5.74, 6) is 0.865. The number of methoxy groups -OCH3 is 2. The monoisotopic (exact) mass is 601 g/mol. The number of nitrogens with zero attached hydrogens (tertiary/aromatic N) is 4. The molecule has 0 unspecified atom stereocenters. The van der Waals surface area contributed by atoms with E-state index < -0.39 is 25.8 Å². The third-order valence-electron chi connectivity index (χ3n) is 5.18. The van der Waals surface area contributed by atoms with Gasteiger partial charge in [-0.15, -0.1) is 0 Å². The van der Waals surface area contributed by atoms with Gasteiger partial charge in [-0.05, 0) is 26.8 Å². The molecule has 0 aliphatic carbocycles. The van der Waals surface area contributed by atoms with Crippen LogP contribution in [0.3, 0.4) is 0 Å². The van der Waals surface area contributed by atoms with E-state index in [0.29, 0.717) is 6.61 Å². The van der Waals surface area contributed by atoms with Gasteiger partial charge in [0.15, 0.2) is 0 Å². The lowest BCUT2D eigenvalue weighted by Crippen LogP contribution is -2.43. The molecule has 1 heterocycles. The number of nitrogens with one attached hydrogen (secondary N) is 1. The quantitative estimate of drug-likeness (QED) is 0.186. The second-order valence-corrected chi connectivity index (χ2v) is 17.1. The maximum absolute atomic E-state index is 13.9. The summed E-state index contributed by atoms with van der Waals surface area (Å²) in [5.41, 5.74) is -0.542. The third-order valence-corrected chi connectivity index (χ3v) is 7.61. The molecule has 0 saturated carbocycles. The van der Waals surface area contributed by atoms with Crippen LogP contribution in [-0.2, 0) is 9.47 Å². The number of hydrogen-bond acceptors (Lipinski definition) is 8. The minimum Gasteiger partial charge on any atom is -0.495 e. The van der Waals surface area contributed by atoms with E-state index in [4.69, 9.17) is 42.1 Å². The lowest BCUT2D eigenvalue weighted by atomic mass is 10.2. The zero-order valence-electron chi connectivity index (χ0n) is 23.8. The van der Waals surface area contributed by atoms with Gasteiger partial charge < -0.3 is 18.9 Å². The highest BCUT2D eigenvalue weighted by atomic mass is 35.5. The number of aromatic nitrogens is 2. The summed E-state index contributed by atoms with van der Waals surface area (Å²) in [4.78, 5) is 36.8. The normalized spacial score (nSPS) is 11.6. The number of rotatable bonds is 10. The van der Waals surface area contributed by atoms with Crippen LogP contribution in [0.15, 0.2) is 18.5 Å². The van der Waals surface area contributed by atoms with Crippen molar-refractivity contribution in [1.82, 2.24) is 9.97 Å². The van der Waals surface area contributed by atoms with Gasteiger partial charge in [-0.1, -0.05) is 42.8 Å². The zero-order chi connectivity index (χ0) is 29.5. The topological polar surface area (TPSA) is 115 Å². The Bertz CT molecular complexity index is 1140. The number of ether oxygens (including phenoxy) is 4. The Balaban J connectivity index is 2.44. The standard InChI is InChI=1S/C25H37Cl2N5O6Si/c1-25(2,3)38-23(33)30-18-13-19(29-14-28-18)31(4)24(34)32(15-37-10-11-39(7,8)9)22-20(26)16(35-5)12-17(36-6)21(22)27/h12-14H,10-11,15H2,1-9H3,(H,28,29,30,33). The highest BCUT2D eigenvalue weighted by Gasteiger charge is 2.30. The SMILES string of the molecule is COc1cc(OC)c(Cl)c(N(COCC[Si](C)(C)C)C(=O)N(C)c2cc(NC(=O)OC(C)(C)C)ncn2)c1Cl. The van der Waals surface area contributed by atoms with Crippen molar-refractivity contribution in [3.63, 3.8) is 0 Å². The van der Waals surface area contributed by atoms with E-state index in [1.165, 1.54) is 49.5 Å². The van der Waals surface area contributed by atoms with Crippen molar-refractivity contribution >= 4 is 60.7 Å². The lowest BCUT2D eigenvalue weighted by molar-refractivity contribution is 0.0635. The van der Waals surface area contributed by atoms with Gasteiger partial charge in [-0.25, -0.2) is 19.6 Å². The van der Waals surface area contributed by atoms with Crippen LogP contribution in [0.4, 0.5) is 26.9 Å². The maximum Gasteiger partial charge on any atom is 0.413 e. The van der Waals surface area contributed by atoms with E-state index in [1.807, 2.05) is 0 Å². The fraction of sp³-hybridized carbons (Fsp3) is 0.520. The van der Waals surface area contributed by atoms with Crippen molar-refractivity contribution in [1.29, 1.82) is 0 Å². The fourth-order valence-corrected chi connectivity index (χ4v) is 4.61. The van der Waals surface area contributed by atoms with Crippen molar-refractivity contribution in [2.45, 2.75) is 52.1 Å². The van der Waals surface area contributed by atoms with Gasteiger partial charge in [0.1, 0.15) is 51.8 Å². The molecule has 0 bridgehead atoms. The minimum absolute atomic E-state index is 0.105. The van der Waals surface area contributed by atoms with Gasteiger partial charge in [-0.2, -0.15) is 0 Å². The first-order valence-electron chi connectivity index (χ1n) is 12.1. The van der Waals surface area contributed by atoms with E-state index >= 15 is 0 Å². The summed E-state index contributed by atoms with van der Waals surface area (Å²) in [7, 11) is 3.01. The van der Waals surface area contributed by atoms with E-state index in [0.717, 1.165) is 6.04 Å². The van der Waals surface area contributed by atoms with Gasteiger partial charge in [0.05, 0.1) is 19.9 Å². The van der Waals surface area contributed by atoms with E-state index in [9.17, 15) is 9.59 Å². The Kier molecular flexibility index (Phi) is 11.2. The average molecular weight is 603 g/mol. The number of halogens is 2. The van der Waals surface area contributed by atoms with Crippen molar-refractivity contribution in [3.8, 4) is 11.5 Å². The van der Waals surface area contributed by atoms with E-state index in [1.54, 1.807) is 20.8 Å². The van der Waals surface area contributed by atoms with Crippen LogP contribution in [0.5, 0.6) is 11.5 Å². The van der Waals surface area contributed by atoms with Crippen LogP contribution in [0, 0.1) is 0 Å². The molecule has 1 N–H and O–H groups in total. The molecule has 0 atom stereocenters. The molecule has 14 heteroatoms. The summed E-state index contributed by atoms with van der Waals surface area (Å²) in [6, 6.07) is 3.29. The Morgan fingerprint density at radius 1 is 1.03 bits per heavy atom. The molecule has 0 saturated heterocycles. The Labute approximate surface area is 240 Å². The highest BCUT2D eigenvalue weighted by Crippen LogP contribution is 2.46. The maximum atomic E-state index is 13.9. The second-order valence-electron chi connectivity index (χ2n) is 10.8. The van der Waals surface area contributed by atoms with Crippen molar-refractivity contribution < 1.29 is 28.5 Å². The Morgan fingerprint density at radius 3 is 2.13 bits per heavy atom. The summed E-state index contributed by atoms with van der Waals surface area (Å²) in [6.07, 6.45) is 0.524. The van der Waals surface area contributed by atoms with Crippen LogP contribution >= 0.6 is 23.2 Å². The number of anilines is 3. The molecule has 1 aromatic carbocycles. The molecule has 0 aliphatic heterocycles. The lowest BCUT2D eigenvalue weighted by Gasteiger charge is -2.30. The fourth-order valence-electron chi connectivity index (χ4n) is 3.15. The largest absolute Gasteiger partial charge is 0.495 e. The number of amides is 3. The molecule has 0 radical (unpaired) electrons. The number of benzene rings is 1. The molecule has 216 valence electrons. The first-order valence-corrected chi connectivity index (χ1v) is 16.6. The van der Waals surface area contributed by atoms with Gasteiger partial charge in [0.2, 0.25) is 0 Å². The van der Waals surface area contributed by atoms with Gasteiger partial charge in [0, 0.05) is 33.9 Å². The van der Waals surface area contributed by atoms with E-state index in [2.05, 4.69) is 34.9 Å². The number of carbonyl (C=O) groups is 2. The average Bonchev–Trinajstić information content (AvgIpc) is 2.83. The van der Waals surface area contributed by atoms with Crippen molar-refractivity contribution in [2.75, 3.05) is 49.7 Å². The molecule has 2 rings (SSSR count). The molecule has 3 amide bonds. The molecule has 0 spiro atoms. The predicted molar refractivity (Wildman–Crippen MR) is 157 cm³/mol. The summed E-state index contributed by atoms with van der Waals surface area (Å²) >= 11 is 13.3. The molecular formula is C25H37Cl2N5O6Si. The molecule has 39 heavy (non-hydrogen) atoms. The molecule has 0 aliphatic rings. The van der Waals surface area contributed by atoms with Crippen molar-refractivity contribution in [2.24, 2.45) is 0 Å². The molecule has 1 aromatic heterocycles. The smallest absolute Gasteiger partial charge is 0.413 e. The third kappa shape index (κ3) is 9.41.